The summed E-state index contributed by atoms with van der Waals surface area (Å²) in [5, 5.41) is 11.0. The van der Waals surface area contributed by atoms with Gasteiger partial charge in [-0.15, -0.1) is 5.10 Å². The first kappa shape index (κ1) is 10.5. The van der Waals surface area contributed by atoms with E-state index in [2.05, 4.69) is 38.1 Å². The molecular formula is C9H9IN4O. The van der Waals surface area contributed by atoms with E-state index in [1.807, 2.05) is 30.3 Å². The molecule has 0 saturated heterocycles. The van der Waals surface area contributed by atoms with E-state index in [4.69, 9.17) is 4.74 Å². The van der Waals surface area contributed by atoms with Crippen molar-refractivity contribution in [1.82, 2.24) is 20.2 Å². The number of benzene rings is 1. The van der Waals surface area contributed by atoms with Gasteiger partial charge in [0.15, 0.2) is 0 Å². The number of halogens is 1. The van der Waals surface area contributed by atoms with Crippen molar-refractivity contribution in [3.63, 3.8) is 0 Å². The average molecular weight is 316 g/mol. The monoisotopic (exact) mass is 316 g/mol. The summed E-state index contributed by atoms with van der Waals surface area (Å²) in [6.45, 7) is 0.941. The molecule has 78 valence electrons. The first-order valence-electron chi connectivity index (χ1n) is 4.39. The predicted molar refractivity (Wildman–Crippen MR) is 61.8 cm³/mol. The van der Waals surface area contributed by atoms with Gasteiger partial charge < -0.3 is 4.74 Å². The highest BCUT2D eigenvalue weighted by molar-refractivity contribution is 14.1. The molecule has 0 unspecified atom stereocenters. The number of rotatable bonds is 4. The lowest BCUT2D eigenvalue weighted by Crippen LogP contribution is -2.06. The highest BCUT2D eigenvalue weighted by atomic mass is 127. The fourth-order valence-corrected chi connectivity index (χ4v) is 1.43. The third-order valence-electron chi connectivity index (χ3n) is 1.81. The van der Waals surface area contributed by atoms with Crippen LogP contribution in [0.1, 0.15) is 5.56 Å². The molecule has 2 aromatic rings. The van der Waals surface area contributed by atoms with Gasteiger partial charge in [0.25, 0.3) is 0 Å². The summed E-state index contributed by atoms with van der Waals surface area (Å²) in [6, 6.07) is 9.99. The molecule has 0 N–H and O–H groups in total. The van der Waals surface area contributed by atoms with Crippen LogP contribution in [0.4, 0.5) is 0 Å². The minimum absolute atomic E-state index is 0.375. The van der Waals surface area contributed by atoms with Gasteiger partial charge in [0.05, 0.1) is 6.61 Å². The van der Waals surface area contributed by atoms with Crippen LogP contribution < -0.4 is 0 Å². The fraction of sp³-hybridized carbons (Fsp3) is 0.222. The molecule has 6 heteroatoms. The van der Waals surface area contributed by atoms with E-state index in [1.165, 1.54) is 0 Å². The summed E-state index contributed by atoms with van der Waals surface area (Å²) in [4.78, 5) is 0. The Bertz CT molecular complexity index is 417. The second kappa shape index (κ2) is 5.17. The lowest BCUT2D eigenvalue weighted by molar-refractivity contribution is 0.0531. The Balaban J connectivity index is 1.83. The van der Waals surface area contributed by atoms with Gasteiger partial charge in [-0.2, -0.15) is 4.68 Å². The van der Waals surface area contributed by atoms with Gasteiger partial charge in [0.2, 0.25) is 3.83 Å². The van der Waals surface area contributed by atoms with Crippen LogP contribution in [0.2, 0.25) is 0 Å². The van der Waals surface area contributed by atoms with E-state index < -0.39 is 0 Å². The van der Waals surface area contributed by atoms with Crippen LogP contribution in [0, 0.1) is 3.83 Å². The average Bonchev–Trinajstić information content (AvgIpc) is 2.66. The van der Waals surface area contributed by atoms with E-state index >= 15 is 0 Å². The maximum atomic E-state index is 5.46. The lowest BCUT2D eigenvalue weighted by Gasteiger charge is -2.03. The first-order valence-corrected chi connectivity index (χ1v) is 5.47. The van der Waals surface area contributed by atoms with Crippen LogP contribution in [0.5, 0.6) is 0 Å². The van der Waals surface area contributed by atoms with Gasteiger partial charge in [0.1, 0.15) is 6.73 Å². The van der Waals surface area contributed by atoms with E-state index in [-0.39, 0.29) is 0 Å². The summed E-state index contributed by atoms with van der Waals surface area (Å²) in [7, 11) is 0. The minimum atomic E-state index is 0.375. The Morgan fingerprint density at radius 2 is 2.07 bits per heavy atom. The zero-order valence-electron chi connectivity index (χ0n) is 7.88. The molecule has 0 atom stereocenters. The van der Waals surface area contributed by atoms with Crippen molar-refractivity contribution < 1.29 is 4.74 Å². The number of hydrogen-bond acceptors (Lipinski definition) is 4. The minimum Gasteiger partial charge on any atom is -0.354 e. The molecule has 1 heterocycles. The molecule has 0 amide bonds. The largest absolute Gasteiger partial charge is 0.354 e. The molecule has 0 fully saturated rings. The molecular weight excluding hydrogens is 307 g/mol. The van der Waals surface area contributed by atoms with Gasteiger partial charge in [-0.05, 0) is 16.0 Å². The topological polar surface area (TPSA) is 52.8 Å². The van der Waals surface area contributed by atoms with Crippen molar-refractivity contribution in [2.75, 3.05) is 0 Å². The summed E-state index contributed by atoms with van der Waals surface area (Å²) < 4.78 is 7.78. The molecule has 1 aromatic carbocycles. The van der Waals surface area contributed by atoms with Crippen molar-refractivity contribution in [1.29, 1.82) is 0 Å². The maximum absolute atomic E-state index is 5.46. The van der Waals surface area contributed by atoms with Crippen LogP contribution in [0.15, 0.2) is 30.3 Å². The van der Waals surface area contributed by atoms with Crippen molar-refractivity contribution in [2.45, 2.75) is 13.3 Å². The number of ether oxygens (including phenoxy) is 1. The number of nitrogens with zero attached hydrogens (tertiary/aromatic N) is 4. The predicted octanol–water partition coefficient (Wildman–Crippen LogP) is 1.45. The summed E-state index contributed by atoms with van der Waals surface area (Å²) in [5.41, 5.74) is 1.14. The quantitative estimate of drug-likeness (QED) is 0.801. The van der Waals surface area contributed by atoms with Crippen LogP contribution in [0.25, 0.3) is 0 Å². The van der Waals surface area contributed by atoms with Gasteiger partial charge in [0, 0.05) is 22.6 Å². The van der Waals surface area contributed by atoms with Gasteiger partial charge in [-0.1, -0.05) is 30.3 Å². The van der Waals surface area contributed by atoms with E-state index in [0.29, 0.717) is 13.3 Å². The van der Waals surface area contributed by atoms with Crippen molar-refractivity contribution in [2.24, 2.45) is 0 Å². The van der Waals surface area contributed by atoms with Crippen LogP contribution in [-0.4, -0.2) is 20.2 Å². The van der Waals surface area contributed by atoms with Crippen molar-refractivity contribution in [3.05, 3.63) is 39.7 Å². The Morgan fingerprint density at radius 1 is 1.27 bits per heavy atom. The maximum Gasteiger partial charge on any atom is 0.214 e. The molecule has 0 spiro atoms. The second-order valence-corrected chi connectivity index (χ2v) is 3.88. The molecule has 0 bridgehead atoms. The molecule has 1 aromatic heterocycles. The highest BCUT2D eigenvalue weighted by Gasteiger charge is 2.00. The Hall–Kier alpha value is -1.02. The van der Waals surface area contributed by atoms with Crippen molar-refractivity contribution >= 4 is 22.6 Å². The Morgan fingerprint density at radius 3 is 2.73 bits per heavy atom. The normalized spacial score (nSPS) is 10.5. The molecule has 5 nitrogen and oxygen atoms in total. The zero-order valence-corrected chi connectivity index (χ0v) is 10.0. The molecule has 2 rings (SSSR count). The third-order valence-corrected chi connectivity index (χ3v) is 2.59. The molecule has 15 heavy (non-hydrogen) atoms. The smallest absolute Gasteiger partial charge is 0.214 e. The first-order chi connectivity index (χ1) is 7.36. The molecule has 0 aliphatic rings. The SMILES string of the molecule is Ic1nnnn1COCc1ccccc1. The number of aromatic nitrogens is 4. The summed E-state index contributed by atoms with van der Waals surface area (Å²) in [6.07, 6.45) is 0. The van der Waals surface area contributed by atoms with Crippen molar-refractivity contribution in [3.8, 4) is 0 Å². The Kier molecular flexibility index (Phi) is 3.62. The molecule has 0 aliphatic heterocycles. The molecule has 0 radical (unpaired) electrons. The van der Waals surface area contributed by atoms with E-state index in [9.17, 15) is 0 Å². The third kappa shape index (κ3) is 2.96. The standard InChI is InChI=1S/C9H9IN4O/c10-9-11-12-13-14(9)7-15-6-8-4-2-1-3-5-8/h1-5H,6-7H2. The number of tetrazole rings is 1. The fourth-order valence-electron chi connectivity index (χ4n) is 1.10. The second-order valence-electron chi connectivity index (χ2n) is 2.91. The van der Waals surface area contributed by atoms with E-state index in [0.717, 1.165) is 9.39 Å². The van der Waals surface area contributed by atoms with Crippen LogP contribution in [0.3, 0.4) is 0 Å². The lowest BCUT2D eigenvalue weighted by atomic mass is 10.2. The van der Waals surface area contributed by atoms with E-state index in [1.54, 1.807) is 4.68 Å². The summed E-state index contributed by atoms with van der Waals surface area (Å²) >= 11 is 2.06. The van der Waals surface area contributed by atoms with Crippen LogP contribution in [-0.2, 0) is 18.1 Å². The van der Waals surface area contributed by atoms with Gasteiger partial charge >= 0.3 is 0 Å². The molecule has 0 aliphatic carbocycles. The van der Waals surface area contributed by atoms with Gasteiger partial charge in [-0.3, -0.25) is 0 Å². The Labute approximate surface area is 101 Å². The number of hydrogen-bond donors (Lipinski definition) is 0. The molecule has 0 saturated carbocycles. The highest BCUT2D eigenvalue weighted by Crippen LogP contribution is 2.02. The zero-order chi connectivity index (χ0) is 10.5. The van der Waals surface area contributed by atoms with Gasteiger partial charge in [-0.25, -0.2) is 0 Å². The van der Waals surface area contributed by atoms with Crippen LogP contribution >= 0.6 is 22.6 Å². The summed E-state index contributed by atoms with van der Waals surface area (Å²) in [5.74, 6) is 0.